The van der Waals surface area contributed by atoms with Crippen LogP contribution in [0.5, 0.6) is 0 Å². The first-order chi connectivity index (χ1) is 29.4. The first kappa shape index (κ1) is 34.5. The first-order valence-corrected chi connectivity index (χ1v) is 20.7. The van der Waals surface area contributed by atoms with Gasteiger partial charge < -0.3 is 4.57 Å². The molecular weight excluding hydrogens is 729 g/mol. The molecule has 12 rings (SSSR count). The van der Waals surface area contributed by atoms with Gasteiger partial charge in [0, 0.05) is 43.8 Å². The van der Waals surface area contributed by atoms with Gasteiger partial charge in [-0.3, -0.25) is 4.57 Å². The van der Waals surface area contributed by atoms with Crippen molar-refractivity contribution in [2.45, 2.75) is 26.2 Å². The van der Waals surface area contributed by atoms with Gasteiger partial charge >= 0.3 is 0 Å². The molecule has 3 aromatic heterocycles. The molecule has 1 aliphatic rings. The van der Waals surface area contributed by atoms with E-state index in [2.05, 4.69) is 218 Å². The summed E-state index contributed by atoms with van der Waals surface area (Å²) in [4.78, 5) is 10.7. The highest BCUT2D eigenvalue weighted by Gasteiger charge is 2.36. The van der Waals surface area contributed by atoms with Gasteiger partial charge in [0.1, 0.15) is 0 Å². The molecule has 60 heavy (non-hydrogen) atoms. The molecule has 11 aromatic rings. The van der Waals surface area contributed by atoms with Gasteiger partial charge in [0.15, 0.2) is 0 Å². The van der Waals surface area contributed by atoms with Crippen LogP contribution in [0.3, 0.4) is 0 Å². The van der Waals surface area contributed by atoms with E-state index in [0.29, 0.717) is 5.95 Å². The van der Waals surface area contributed by atoms with Crippen molar-refractivity contribution in [1.29, 1.82) is 0 Å². The Labute approximate surface area is 348 Å². The molecule has 8 aromatic carbocycles. The highest BCUT2D eigenvalue weighted by atomic mass is 15.2. The third-order valence-corrected chi connectivity index (χ3v) is 12.8. The lowest BCUT2D eigenvalue weighted by molar-refractivity contribution is 0.661. The Morgan fingerprint density at radius 2 is 0.933 bits per heavy atom. The second-order valence-corrected chi connectivity index (χ2v) is 16.7. The molecule has 0 bridgehead atoms. The molecule has 1 aliphatic carbocycles. The fourth-order valence-corrected chi connectivity index (χ4v) is 9.78. The molecule has 0 spiro atoms. The molecule has 284 valence electrons. The zero-order chi connectivity index (χ0) is 40.1. The summed E-state index contributed by atoms with van der Waals surface area (Å²) < 4.78 is 4.68. The maximum Gasteiger partial charge on any atom is 0.235 e. The number of aryl methyl sites for hydroxylation is 1. The van der Waals surface area contributed by atoms with Crippen LogP contribution in [0, 0.1) is 6.92 Å². The Kier molecular flexibility index (Phi) is 7.45. The SMILES string of the molecule is Cc1ccc(-n2c3ccccc3c3cc(-c4ccc5c(c4)c4cc6c(cc4n5-c4nc(-c5ccccc5)cc(-c5ccccc5)n4)C(C)(C)c4ccccc4-6)ccc32)cc1. The van der Waals surface area contributed by atoms with Crippen molar-refractivity contribution >= 4 is 43.6 Å². The summed E-state index contributed by atoms with van der Waals surface area (Å²) in [5, 5.41) is 4.84. The predicted molar refractivity (Wildman–Crippen MR) is 249 cm³/mol. The molecule has 0 unspecified atom stereocenters. The molecule has 3 heterocycles. The van der Waals surface area contributed by atoms with Crippen molar-refractivity contribution in [2.24, 2.45) is 0 Å². The molecule has 0 aliphatic heterocycles. The van der Waals surface area contributed by atoms with Crippen molar-refractivity contribution in [3.05, 3.63) is 205 Å². The molecular formula is C56H40N4. The third kappa shape index (κ3) is 5.17. The van der Waals surface area contributed by atoms with E-state index >= 15 is 0 Å². The maximum absolute atomic E-state index is 5.37. The van der Waals surface area contributed by atoms with Gasteiger partial charge in [-0.25, -0.2) is 9.97 Å². The number of aromatic nitrogens is 4. The summed E-state index contributed by atoms with van der Waals surface area (Å²) >= 11 is 0. The number of nitrogens with zero attached hydrogens (tertiary/aromatic N) is 4. The number of rotatable bonds is 5. The molecule has 0 amide bonds. The van der Waals surface area contributed by atoms with Crippen molar-refractivity contribution in [1.82, 2.24) is 19.1 Å². The standard InChI is InChI=1S/C56H40N4/c1-35-22-26-40(27-23-35)59-51-21-13-11-19-42(51)44-30-38(24-28-52(44)59)39-25-29-53-45(31-39)46-32-43-41-18-10-12-20-47(41)56(2,3)48(43)33-54(46)60(53)55-57-49(36-14-6-4-7-15-36)34-50(58-55)37-16-8-5-9-17-37/h4-34H,1-3H3. The highest BCUT2D eigenvalue weighted by molar-refractivity contribution is 6.14. The summed E-state index contributed by atoms with van der Waals surface area (Å²) in [6.45, 7) is 6.83. The average Bonchev–Trinajstić information content (AvgIpc) is 3.88. The number of hydrogen-bond donors (Lipinski definition) is 0. The van der Waals surface area contributed by atoms with Gasteiger partial charge in [-0.15, -0.1) is 0 Å². The minimum atomic E-state index is -0.165. The van der Waals surface area contributed by atoms with Gasteiger partial charge in [0.25, 0.3) is 0 Å². The molecule has 0 saturated heterocycles. The second kappa shape index (κ2) is 13.0. The largest absolute Gasteiger partial charge is 0.309 e. The van der Waals surface area contributed by atoms with Gasteiger partial charge in [0.05, 0.1) is 33.5 Å². The monoisotopic (exact) mass is 768 g/mol. The van der Waals surface area contributed by atoms with Gasteiger partial charge in [-0.2, -0.15) is 0 Å². The molecule has 0 fully saturated rings. The second-order valence-electron chi connectivity index (χ2n) is 16.7. The highest BCUT2D eigenvalue weighted by Crippen LogP contribution is 2.51. The molecule has 0 saturated carbocycles. The van der Waals surface area contributed by atoms with Crippen LogP contribution in [0.1, 0.15) is 30.5 Å². The van der Waals surface area contributed by atoms with Crippen LogP contribution in [-0.4, -0.2) is 19.1 Å². The molecule has 0 atom stereocenters. The number of benzene rings is 8. The normalized spacial score (nSPS) is 13.1. The Morgan fingerprint density at radius 3 is 1.62 bits per heavy atom. The summed E-state index contributed by atoms with van der Waals surface area (Å²) in [5.41, 5.74) is 18.3. The summed E-state index contributed by atoms with van der Waals surface area (Å²) in [6, 6.07) is 68.2. The van der Waals surface area contributed by atoms with Crippen LogP contribution in [0.2, 0.25) is 0 Å². The minimum absolute atomic E-state index is 0.165. The van der Waals surface area contributed by atoms with Crippen LogP contribution in [0.4, 0.5) is 0 Å². The van der Waals surface area contributed by atoms with E-state index in [1.807, 2.05) is 0 Å². The Bertz CT molecular complexity index is 3440. The number of hydrogen-bond acceptors (Lipinski definition) is 2. The zero-order valence-electron chi connectivity index (χ0n) is 33.7. The lowest BCUT2D eigenvalue weighted by Gasteiger charge is -2.21. The smallest absolute Gasteiger partial charge is 0.235 e. The summed E-state index contributed by atoms with van der Waals surface area (Å²) in [5.74, 6) is 0.654. The maximum atomic E-state index is 5.37. The lowest BCUT2D eigenvalue weighted by atomic mass is 9.82. The van der Waals surface area contributed by atoms with E-state index in [1.165, 1.54) is 77.2 Å². The Morgan fingerprint density at radius 1 is 0.383 bits per heavy atom. The van der Waals surface area contributed by atoms with Gasteiger partial charge in [0.2, 0.25) is 5.95 Å². The van der Waals surface area contributed by atoms with Crippen molar-refractivity contribution < 1.29 is 0 Å². The van der Waals surface area contributed by atoms with E-state index in [9.17, 15) is 0 Å². The van der Waals surface area contributed by atoms with E-state index in [4.69, 9.17) is 9.97 Å². The van der Waals surface area contributed by atoms with Crippen LogP contribution >= 0.6 is 0 Å². The summed E-state index contributed by atoms with van der Waals surface area (Å²) in [6.07, 6.45) is 0. The van der Waals surface area contributed by atoms with Crippen LogP contribution < -0.4 is 0 Å². The lowest BCUT2D eigenvalue weighted by Crippen LogP contribution is -2.15. The van der Waals surface area contributed by atoms with E-state index in [0.717, 1.165) is 33.5 Å². The topological polar surface area (TPSA) is 35.6 Å². The zero-order valence-corrected chi connectivity index (χ0v) is 33.7. The molecule has 0 radical (unpaired) electrons. The Balaban J connectivity index is 1.12. The first-order valence-electron chi connectivity index (χ1n) is 20.7. The van der Waals surface area contributed by atoms with Crippen LogP contribution in [-0.2, 0) is 5.41 Å². The third-order valence-electron chi connectivity index (χ3n) is 12.8. The minimum Gasteiger partial charge on any atom is -0.309 e. The quantitative estimate of drug-likeness (QED) is 0.175. The van der Waals surface area contributed by atoms with Crippen molar-refractivity contribution in [2.75, 3.05) is 0 Å². The number of para-hydroxylation sites is 1. The molecule has 0 N–H and O–H groups in total. The van der Waals surface area contributed by atoms with Crippen molar-refractivity contribution in [3.8, 4) is 56.4 Å². The van der Waals surface area contributed by atoms with E-state index < -0.39 is 0 Å². The van der Waals surface area contributed by atoms with Gasteiger partial charge in [-0.05, 0) is 101 Å². The number of fused-ring (bicyclic) bond motifs is 9. The fraction of sp³-hybridized carbons (Fsp3) is 0.0714. The average molecular weight is 769 g/mol. The molecule has 4 nitrogen and oxygen atoms in total. The predicted octanol–water partition coefficient (Wildman–Crippen LogP) is 14.3. The molecule has 4 heteroatoms. The Hall–Kier alpha value is -7.56. The fourth-order valence-electron chi connectivity index (χ4n) is 9.78. The van der Waals surface area contributed by atoms with E-state index in [1.54, 1.807) is 0 Å². The van der Waals surface area contributed by atoms with Crippen LogP contribution in [0.15, 0.2) is 188 Å². The van der Waals surface area contributed by atoms with Crippen molar-refractivity contribution in [3.63, 3.8) is 0 Å². The van der Waals surface area contributed by atoms with E-state index in [-0.39, 0.29) is 5.41 Å². The summed E-state index contributed by atoms with van der Waals surface area (Å²) in [7, 11) is 0. The van der Waals surface area contributed by atoms with Gasteiger partial charge in [-0.1, -0.05) is 147 Å². The van der Waals surface area contributed by atoms with Crippen LogP contribution in [0.25, 0.3) is 100 Å².